The third-order valence-electron chi connectivity index (χ3n) is 4.29. The molecular weight excluding hydrogens is 304 g/mol. The fourth-order valence-electron chi connectivity index (χ4n) is 2.98. The van der Waals surface area contributed by atoms with Crippen LogP contribution < -0.4 is 0 Å². The summed E-state index contributed by atoms with van der Waals surface area (Å²) in [5, 5.41) is 3.97. The molecular formula is C16H15F2N3O2. The minimum Gasteiger partial charge on any atom is -0.337 e. The Morgan fingerprint density at radius 2 is 1.91 bits per heavy atom. The van der Waals surface area contributed by atoms with Gasteiger partial charge in [0.05, 0.1) is 0 Å². The molecule has 120 valence electrons. The van der Waals surface area contributed by atoms with Crippen molar-refractivity contribution in [1.29, 1.82) is 0 Å². The summed E-state index contributed by atoms with van der Waals surface area (Å²) in [4.78, 5) is 18.1. The molecule has 2 fully saturated rings. The summed E-state index contributed by atoms with van der Waals surface area (Å²) in [6.07, 6.45) is 3.07. The zero-order valence-corrected chi connectivity index (χ0v) is 12.3. The van der Waals surface area contributed by atoms with E-state index in [0.717, 1.165) is 18.9 Å². The van der Waals surface area contributed by atoms with Crippen molar-refractivity contribution < 1.29 is 18.1 Å². The minimum atomic E-state index is -0.656. The van der Waals surface area contributed by atoms with Crippen molar-refractivity contribution in [3.8, 4) is 0 Å². The summed E-state index contributed by atoms with van der Waals surface area (Å²) < 4.78 is 32.0. The van der Waals surface area contributed by atoms with Crippen molar-refractivity contribution in [1.82, 2.24) is 15.0 Å². The standard InChI is InChI=1S/C16H15F2N3O2/c17-11-5-9(6-12(18)7-11)8-21-13(3-4-14(21)22)16-19-15(20-23-16)10-1-2-10/h5-7,10,13H,1-4,8H2. The van der Waals surface area contributed by atoms with Gasteiger partial charge in [0.1, 0.15) is 17.7 Å². The van der Waals surface area contributed by atoms with Crippen LogP contribution in [0.3, 0.4) is 0 Å². The molecule has 2 aromatic rings. The van der Waals surface area contributed by atoms with Crippen LogP contribution in [0.4, 0.5) is 8.78 Å². The fraction of sp³-hybridized carbons (Fsp3) is 0.438. The number of aromatic nitrogens is 2. The monoisotopic (exact) mass is 319 g/mol. The topological polar surface area (TPSA) is 59.2 Å². The lowest BCUT2D eigenvalue weighted by Gasteiger charge is -2.22. The Kier molecular flexibility index (Phi) is 3.36. The first kappa shape index (κ1) is 14.3. The van der Waals surface area contributed by atoms with E-state index < -0.39 is 11.6 Å². The molecule has 1 amide bonds. The lowest BCUT2D eigenvalue weighted by Crippen LogP contribution is -2.27. The number of hydrogen-bond donors (Lipinski definition) is 0. The first-order valence-corrected chi connectivity index (χ1v) is 7.68. The molecule has 1 aliphatic carbocycles. The number of nitrogens with zero attached hydrogens (tertiary/aromatic N) is 3. The number of carbonyl (C=O) groups excluding carboxylic acids is 1. The van der Waals surface area contributed by atoms with Gasteiger partial charge in [0.15, 0.2) is 5.82 Å². The van der Waals surface area contributed by atoms with Crippen molar-refractivity contribution >= 4 is 5.91 Å². The fourth-order valence-corrected chi connectivity index (χ4v) is 2.98. The Morgan fingerprint density at radius 1 is 1.17 bits per heavy atom. The maximum Gasteiger partial charge on any atom is 0.249 e. The lowest BCUT2D eigenvalue weighted by molar-refractivity contribution is -0.130. The molecule has 1 aromatic carbocycles. The van der Waals surface area contributed by atoms with E-state index in [1.54, 1.807) is 4.90 Å². The van der Waals surface area contributed by atoms with Crippen LogP contribution in [0.15, 0.2) is 22.7 Å². The van der Waals surface area contributed by atoms with Crippen LogP contribution in [0.25, 0.3) is 0 Å². The normalized spacial score (nSPS) is 21.2. The molecule has 0 bridgehead atoms. The van der Waals surface area contributed by atoms with Gasteiger partial charge in [-0.15, -0.1) is 0 Å². The summed E-state index contributed by atoms with van der Waals surface area (Å²) in [5.74, 6) is 0.0842. The predicted molar refractivity (Wildman–Crippen MR) is 75.2 cm³/mol. The number of likely N-dealkylation sites (tertiary alicyclic amines) is 1. The molecule has 1 aromatic heterocycles. The molecule has 0 radical (unpaired) electrons. The summed E-state index contributed by atoms with van der Waals surface area (Å²) in [6, 6.07) is 2.95. The second-order valence-corrected chi connectivity index (χ2v) is 6.12. The van der Waals surface area contributed by atoms with E-state index in [1.807, 2.05) is 0 Å². The van der Waals surface area contributed by atoms with E-state index in [2.05, 4.69) is 10.1 Å². The van der Waals surface area contributed by atoms with E-state index in [1.165, 1.54) is 12.1 Å². The highest BCUT2D eigenvalue weighted by Gasteiger charge is 2.37. The first-order valence-electron chi connectivity index (χ1n) is 7.68. The molecule has 2 heterocycles. The first-order chi connectivity index (χ1) is 11.1. The predicted octanol–water partition coefficient (Wildman–Crippen LogP) is 3.09. The van der Waals surface area contributed by atoms with Gasteiger partial charge in [-0.05, 0) is 37.0 Å². The maximum absolute atomic E-state index is 13.3. The molecule has 5 nitrogen and oxygen atoms in total. The van der Waals surface area contributed by atoms with Gasteiger partial charge in [-0.3, -0.25) is 4.79 Å². The molecule has 1 saturated carbocycles. The van der Waals surface area contributed by atoms with Crippen LogP contribution in [-0.4, -0.2) is 20.9 Å². The Bertz CT molecular complexity index is 737. The number of hydrogen-bond acceptors (Lipinski definition) is 4. The Hall–Kier alpha value is -2.31. The van der Waals surface area contributed by atoms with Crippen LogP contribution in [0.2, 0.25) is 0 Å². The van der Waals surface area contributed by atoms with Gasteiger partial charge in [-0.1, -0.05) is 5.16 Å². The number of halogens is 2. The van der Waals surface area contributed by atoms with E-state index in [-0.39, 0.29) is 18.5 Å². The van der Waals surface area contributed by atoms with Crippen molar-refractivity contribution in [2.45, 2.75) is 44.2 Å². The van der Waals surface area contributed by atoms with Gasteiger partial charge < -0.3 is 9.42 Å². The highest BCUT2D eigenvalue weighted by molar-refractivity contribution is 5.78. The molecule has 0 spiro atoms. The number of amides is 1. The third kappa shape index (κ3) is 2.83. The average molecular weight is 319 g/mol. The molecule has 2 aliphatic rings. The lowest BCUT2D eigenvalue weighted by atomic mass is 10.1. The van der Waals surface area contributed by atoms with Crippen molar-refractivity contribution in [3.05, 3.63) is 47.1 Å². The van der Waals surface area contributed by atoms with Crippen molar-refractivity contribution in [2.24, 2.45) is 0 Å². The van der Waals surface area contributed by atoms with Crippen LogP contribution in [0.5, 0.6) is 0 Å². The third-order valence-corrected chi connectivity index (χ3v) is 4.29. The van der Waals surface area contributed by atoms with Crippen molar-refractivity contribution in [3.63, 3.8) is 0 Å². The van der Waals surface area contributed by atoms with Crippen molar-refractivity contribution in [2.75, 3.05) is 0 Å². The van der Waals surface area contributed by atoms with Crippen LogP contribution >= 0.6 is 0 Å². The molecule has 4 rings (SSSR count). The van der Waals surface area contributed by atoms with E-state index in [0.29, 0.717) is 36.0 Å². The molecule has 1 aliphatic heterocycles. The maximum atomic E-state index is 13.3. The number of rotatable bonds is 4. The SMILES string of the molecule is O=C1CCC(c2nc(C3CC3)no2)N1Cc1cc(F)cc(F)c1. The summed E-state index contributed by atoms with van der Waals surface area (Å²) >= 11 is 0. The second kappa shape index (κ2) is 5.40. The number of carbonyl (C=O) groups is 1. The zero-order chi connectivity index (χ0) is 16.0. The summed E-state index contributed by atoms with van der Waals surface area (Å²) in [6.45, 7) is 0.124. The highest BCUT2D eigenvalue weighted by Crippen LogP contribution is 2.40. The Balaban J connectivity index is 1.57. The molecule has 7 heteroatoms. The van der Waals surface area contributed by atoms with Crippen LogP contribution in [-0.2, 0) is 11.3 Å². The number of benzene rings is 1. The summed E-state index contributed by atoms with van der Waals surface area (Å²) in [5.41, 5.74) is 0.407. The highest BCUT2D eigenvalue weighted by atomic mass is 19.1. The minimum absolute atomic E-state index is 0.0779. The van der Waals surface area contributed by atoms with Gasteiger partial charge in [-0.2, -0.15) is 4.98 Å². The largest absolute Gasteiger partial charge is 0.337 e. The Labute approximate surface area is 131 Å². The van der Waals surface area contributed by atoms with E-state index in [4.69, 9.17) is 4.52 Å². The molecule has 1 atom stereocenters. The second-order valence-electron chi connectivity index (χ2n) is 6.12. The van der Waals surface area contributed by atoms with Gasteiger partial charge in [0.2, 0.25) is 11.8 Å². The summed E-state index contributed by atoms with van der Waals surface area (Å²) in [7, 11) is 0. The van der Waals surface area contributed by atoms with Crippen LogP contribution in [0, 0.1) is 11.6 Å². The quantitative estimate of drug-likeness (QED) is 0.869. The molecule has 0 N–H and O–H groups in total. The molecule has 1 saturated heterocycles. The van der Waals surface area contributed by atoms with E-state index in [9.17, 15) is 13.6 Å². The van der Waals surface area contributed by atoms with Gasteiger partial charge in [0, 0.05) is 24.9 Å². The molecule has 1 unspecified atom stereocenters. The van der Waals surface area contributed by atoms with Gasteiger partial charge >= 0.3 is 0 Å². The van der Waals surface area contributed by atoms with Gasteiger partial charge in [-0.25, -0.2) is 8.78 Å². The Morgan fingerprint density at radius 3 is 2.61 bits per heavy atom. The zero-order valence-electron chi connectivity index (χ0n) is 12.3. The average Bonchev–Trinajstić information content (AvgIpc) is 3.12. The van der Waals surface area contributed by atoms with E-state index >= 15 is 0 Å². The van der Waals surface area contributed by atoms with Gasteiger partial charge in [0.25, 0.3) is 0 Å². The smallest absolute Gasteiger partial charge is 0.249 e. The molecule has 23 heavy (non-hydrogen) atoms. The van der Waals surface area contributed by atoms with Crippen LogP contribution in [0.1, 0.15) is 54.9 Å².